The van der Waals surface area contributed by atoms with E-state index in [2.05, 4.69) is 35.2 Å². The molecule has 0 aliphatic carbocycles. The van der Waals surface area contributed by atoms with E-state index in [9.17, 15) is 0 Å². The molecule has 2 aromatic rings. The van der Waals surface area contributed by atoms with Gasteiger partial charge in [-0.05, 0) is 35.7 Å². The lowest BCUT2D eigenvalue weighted by Crippen LogP contribution is -2.30. The molecule has 0 unspecified atom stereocenters. The van der Waals surface area contributed by atoms with Crippen molar-refractivity contribution in [3.8, 4) is 6.07 Å². The molecule has 0 aromatic heterocycles. The van der Waals surface area contributed by atoms with Crippen molar-refractivity contribution < 1.29 is 0 Å². The molecule has 0 fully saturated rings. The maximum atomic E-state index is 8.91. The Morgan fingerprint density at radius 3 is 2.63 bits per heavy atom. The maximum absolute atomic E-state index is 8.91. The summed E-state index contributed by atoms with van der Waals surface area (Å²) in [5.74, 6) is 0. The molecule has 2 N–H and O–H groups in total. The van der Waals surface area contributed by atoms with E-state index in [0.29, 0.717) is 11.3 Å². The average Bonchev–Trinajstić information content (AvgIpc) is 2.46. The number of hydrogen-bond donors (Lipinski definition) is 1. The molecule has 0 amide bonds. The maximum Gasteiger partial charge on any atom is 0.101 e. The normalized spacial score (nSPS) is 13.7. The monoisotopic (exact) mass is 249 g/mol. The minimum absolute atomic E-state index is 0.543. The van der Waals surface area contributed by atoms with E-state index in [0.717, 1.165) is 25.2 Å². The molecule has 1 heterocycles. The standard InChI is InChI=1S/C16H15N3/c17-10-13-5-6-15(9-16(13)18)19-8-7-12-3-1-2-4-14(12)11-19/h1-6,9H,7-8,11,18H2. The van der Waals surface area contributed by atoms with Crippen LogP contribution in [0.25, 0.3) is 0 Å². The Balaban J connectivity index is 1.89. The van der Waals surface area contributed by atoms with Crippen LogP contribution in [-0.2, 0) is 13.0 Å². The fourth-order valence-electron chi connectivity index (χ4n) is 2.56. The van der Waals surface area contributed by atoms with Gasteiger partial charge in [0.1, 0.15) is 6.07 Å². The minimum Gasteiger partial charge on any atom is -0.398 e. The third-order valence-electron chi connectivity index (χ3n) is 3.65. The van der Waals surface area contributed by atoms with Crippen LogP contribution in [0.1, 0.15) is 16.7 Å². The summed E-state index contributed by atoms with van der Waals surface area (Å²) in [6.07, 6.45) is 1.05. The number of fused-ring (bicyclic) bond motifs is 1. The molecule has 0 atom stereocenters. The summed E-state index contributed by atoms with van der Waals surface area (Å²) < 4.78 is 0. The summed E-state index contributed by atoms with van der Waals surface area (Å²) in [5, 5.41) is 8.91. The number of rotatable bonds is 1. The summed E-state index contributed by atoms with van der Waals surface area (Å²) in [6.45, 7) is 1.89. The highest BCUT2D eigenvalue weighted by Crippen LogP contribution is 2.26. The number of nitrogens with zero attached hydrogens (tertiary/aromatic N) is 2. The summed E-state index contributed by atoms with van der Waals surface area (Å²) in [5.41, 5.74) is 10.9. The zero-order chi connectivity index (χ0) is 13.2. The van der Waals surface area contributed by atoms with Gasteiger partial charge in [0.2, 0.25) is 0 Å². The van der Waals surface area contributed by atoms with Gasteiger partial charge in [-0.15, -0.1) is 0 Å². The van der Waals surface area contributed by atoms with Crippen molar-refractivity contribution in [2.45, 2.75) is 13.0 Å². The van der Waals surface area contributed by atoms with Crippen molar-refractivity contribution in [2.24, 2.45) is 0 Å². The highest BCUT2D eigenvalue weighted by molar-refractivity contribution is 5.64. The third kappa shape index (κ3) is 2.13. The number of hydrogen-bond acceptors (Lipinski definition) is 3. The smallest absolute Gasteiger partial charge is 0.101 e. The third-order valence-corrected chi connectivity index (χ3v) is 3.65. The Morgan fingerprint density at radius 1 is 1.11 bits per heavy atom. The quantitative estimate of drug-likeness (QED) is 0.791. The van der Waals surface area contributed by atoms with Gasteiger partial charge >= 0.3 is 0 Å². The van der Waals surface area contributed by atoms with Crippen LogP contribution in [0, 0.1) is 11.3 Å². The molecule has 0 spiro atoms. The lowest BCUT2D eigenvalue weighted by molar-refractivity contribution is 0.732. The van der Waals surface area contributed by atoms with Gasteiger partial charge in [0.25, 0.3) is 0 Å². The van der Waals surface area contributed by atoms with E-state index in [1.165, 1.54) is 11.1 Å². The van der Waals surface area contributed by atoms with Crippen LogP contribution in [0.15, 0.2) is 42.5 Å². The van der Waals surface area contributed by atoms with Crippen LogP contribution in [0.2, 0.25) is 0 Å². The summed E-state index contributed by atoms with van der Waals surface area (Å²) in [4.78, 5) is 2.31. The number of anilines is 2. The van der Waals surface area contributed by atoms with Crippen molar-refractivity contribution in [2.75, 3.05) is 17.2 Å². The van der Waals surface area contributed by atoms with Crippen LogP contribution < -0.4 is 10.6 Å². The zero-order valence-electron chi connectivity index (χ0n) is 10.6. The first-order valence-corrected chi connectivity index (χ1v) is 6.39. The number of nitrogen functional groups attached to an aromatic ring is 1. The van der Waals surface area contributed by atoms with E-state index >= 15 is 0 Å². The van der Waals surface area contributed by atoms with Crippen molar-refractivity contribution in [3.05, 3.63) is 59.2 Å². The fourth-order valence-corrected chi connectivity index (χ4v) is 2.56. The number of benzene rings is 2. The van der Waals surface area contributed by atoms with Crippen LogP contribution in [0.5, 0.6) is 0 Å². The lowest BCUT2D eigenvalue weighted by atomic mass is 9.99. The Morgan fingerprint density at radius 2 is 1.89 bits per heavy atom. The second-order valence-corrected chi connectivity index (χ2v) is 4.82. The summed E-state index contributed by atoms with van der Waals surface area (Å²) in [6, 6.07) is 16.3. The average molecular weight is 249 g/mol. The van der Waals surface area contributed by atoms with Crippen molar-refractivity contribution in [3.63, 3.8) is 0 Å². The number of nitriles is 1. The van der Waals surface area contributed by atoms with Crippen LogP contribution in [0.4, 0.5) is 11.4 Å². The summed E-state index contributed by atoms with van der Waals surface area (Å²) in [7, 11) is 0. The van der Waals surface area contributed by atoms with Crippen LogP contribution in [-0.4, -0.2) is 6.54 Å². The fraction of sp³-hybridized carbons (Fsp3) is 0.188. The highest BCUT2D eigenvalue weighted by Gasteiger charge is 2.16. The minimum atomic E-state index is 0.543. The van der Waals surface area contributed by atoms with Crippen LogP contribution in [0.3, 0.4) is 0 Å². The molecule has 19 heavy (non-hydrogen) atoms. The molecule has 3 heteroatoms. The van der Waals surface area contributed by atoms with Gasteiger partial charge < -0.3 is 10.6 Å². The predicted octanol–water partition coefficient (Wildman–Crippen LogP) is 2.70. The first kappa shape index (κ1) is 11.6. The molecule has 2 aromatic carbocycles. The van der Waals surface area contributed by atoms with Gasteiger partial charge in [-0.25, -0.2) is 0 Å². The topological polar surface area (TPSA) is 53.0 Å². The Kier molecular flexibility index (Phi) is 2.85. The van der Waals surface area contributed by atoms with Gasteiger partial charge in [0.05, 0.1) is 11.3 Å². The van der Waals surface area contributed by atoms with Gasteiger partial charge in [0.15, 0.2) is 0 Å². The van der Waals surface area contributed by atoms with E-state index in [-0.39, 0.29) is 0 Å². The van der Waals surface area contributed by atoms with Gasteiger partial charge in [-0.3, -0.25) is 0 Å². The highest BCUT2D eigenvalue weighted by atomic mass is 15.1. The molecule has 0 saturated carbocycles. The Labute approximate surface area is 112 Å². The molecule has 3 nitrogen and oxygen atoms in total. The second kappa shape index (κ2) is 4.66. The molecule has 3 rings (SSSR count). The molecule has 94 valence electrons. The van der Waals surface area contributed by atoms with Crippen LogP contribution >= 0.6 is 0 Å². The zero-order valence-corrected chi connectivity index (χ0v) is 10.6. The predicted molar refractivity (Wildman–Crippen MR) is 76.8 cm³/mol. The number of nitrogens with two attached hydrogens (primary N) is 1. The molecule has 0 radical (unpaired) electrons. The summed E-state index contributed by atoms with van der Waals surface area (Å²) >= 11 is 0. The first-order chi connectivity index (χ1) is 9.28. The van der Waals surface area contributed by atoms with E-state index in [1.54, 1.807) is 6.07 Å². The molecule has 1 aliphatic rings. The Bertz CT molecular complexity index is 655. The first-order valence-electron chi connectivity index (χ1n) is 6.39. The molecule has 0 saturated heterocycles. The van der Waals surface area contributed by atoms with Crippen molar-refractivity contribution >= 4 is 11.4 Å². The molecular formula is C16H15N3. The molecule has 0 bridgehead atoms. The van der Waals surface area contributed by atoms with E-state index in [4.69, 9.17) is 11.0 Å². The van der Waals surface area contributed by atoms with Crippen molar-refractivity contribution in [1.29, 1.82) is 5.26 Å². The van der Waals surface area contributed by atoms with Crippen molar-refractivity contribution in [1.82, 2.24) is 0 Å². The molecule has 1 aliphatic heterocycles. The van der Waals surface area contributed by atoms with Gasteiger partial charge in [-0.2, -0.15) is 5.26 Å². The van der Waals surface area contributed by atoms with Gasteiger partial charge in [0, 0.05) is 18.8 Å². The van der Waals surface area contributed by atoms with E-state index in [1.807, 2.05) is 12.1 Å². The lowest BCUT2D eigenvalue weighted by Gasteiger charge is -2.31. The SMILES string of the molecule is N#Cc1ccc(N2CCc3ccccc3C2)cc1N. The largest absolute Gasteiger partial charge is 0.398 e. The molecular weight excluding hydrogens is 234 g/mol. The van der Waals surface area contributed by atoms with E-state index < -0.39 is 0 Å². The second-order valence-electron chi connectivity index (χ2n) is 4.82. The Hall–Kier alpha value is -2.47. The van der Waals surface area contributed by atoms with Gasteiger partial charge in [-0.1, -0.05) is 24.3 Å².